The highest BCUT2D eigenvalue weighted by atomic mass is 16.4. The number of carboxylic acid groups (broad SMARTS) is 1. The molecule has 1 amide bonds. The van der Waals surface area contributed by atoms with E-state index in [9.17, 15) is 14.7 Å². The summed E-state index contributed by atoms with van der Waals surface area (Å²) in [5, 5.41) is 24.6. The highest BCUT2D eigenvalue weighted by molar-refractivity contribution is 5.82. The minimum Gasteiger partial charge on any atom is -0.481 e. The van der Waals surface area contributed by atoms with Crippen molar-refractivity contribution in [1.82, 2.24) is 10.6 Å². The van der Waals surface area contributed by atoms with Crippen LogP contribution in [0.4, 0.5) is 0 Å². The smallest absolute Gasteiger partial charge is 0.306 e. The number of carbonyl (C=O) groups excluding carboxylic acids is 1. The van der Waals surface area contributed by atoms with E-state index in [-0.39, 0.29) is 24.9 Å². The van der Waals surface area contributed by atoms with Crippen LogP contribution in [0, 0.1) is 5.92 Å². The van der Waals surface area contributed by atoms with Crippen LogP contribution in [0.2, 0.25) is 0 Å². The quantitative estimate of drug-likeness (QED) is 0.580. The van der Waals surface area contributed by atoms with Crippen LogP contribution in [0.5, 0.6) is 0 Å². The van der Waals surface area contributed by atoms with Gasteiger partial charge in [-0.05, 0) is 32.1 Å². The van der Waals surface area contributed by atoms with Gasteiger partial charge in [0.2, 0.25) is 5.91 Å². The third-order valence-corrected chi connectivity index (χ3v) is 4.35. The largest absolute Gasteiger partial charge is 0.481 e. The van der Waals surface area contributed by atoms with Crippen molar-refractivity contribution < 1.29 is 19.8 Å². The van der Waals surface area contributed by atoms with Crippen molar-refractivity contribution in [3.8, 4) is 0 Å². The van der Waals surface area contributed by atoms with Gasteiger partial charge in [-0.3, -0.25) is 9.59 Å². The highest BCUT2D eigenvalue weighted by Gasteiger charge is 2.38. The molecule has 20 heavy (non-hydrogen) atoms. The second-order valence-corrected chi connectivity index (χ2v) is 6.39. The van der Waals surface area contributed by atoms with E-state index in [2.05, 4.69) is 10.6 Å². The lowest BCUT2D eigenvalue weighted by atomic mass is 9.85. The zero-order chi connectivity index (χ0) is 14.8. The average Bonchev–Trinajstić information content (AvgIpc) is 2.78. The monoisotopic (exact) mass is 284 g/mol. The van der Waals surface area contributed by atoms with Gasteiger partial charge in [-0.2, -0.15) is 0 Å². The molecular formula is C14H24N2O4. The predicted molar refractivity (Wildman–Crippen MR) is 73.2 cm³/mol. The molecule has 6 nitrogen and oxygen atoms in total. The Morgan fingerprint density at radius 2 is 2.05 bits per heavy atom. The number of fused-ring (bicyclic) bond motifs is 1. The Balaban J connectivity index is 1.79. The lowest BCUT2D eigenvalue weighted by Gasteiger charge is -2.24. The molecule has 2 aliphatic rings. The first-order valence-electron chi connectivity index (χ1n) is 7.35. The van der Waals surface area contributed by atoms with E-state index >= 15 is 0 Å². The van der Waals surface area contributed by atoms with Crippen LogP contribution < -0.4 is 10.6 Å². The Labute approximate surface area is 118 Å². The van der Waals surface area contributed by atoms with Gasteiger partial charge in [0.1, 0.15) is 0 Å². The molecular weight excluding hydrogens is 260 g/mol. The number of hydrogen-bond acceptors (Lipinski definition) is 4. The zero-order valence-electron chi connectivity index (χ0n) is 11.9. The second kappa shape index (κ2) is 6.10. The van der Waals surface area contributed by atoms with Gasteiger partial charge in [0.25, 0.3) is 0 Å². The van der Waals surface area contributed by atoms with Crippen LogP contribution in [0.3, 0.4) is 0 Å². The Morgan fingerprint density at radius 1 is 1.35 bits per heavy atom. The summed E-state index contributed by atoms with van der Waals surface area (Å²) < 4.78 is 0. The lowest BCUT2D eigenvalue weighted by molar-refractivity contribution is -0.142. The predicted octanol–water partition coefficient (Wildman–Crippen LogP) is 0.249. The van der Waals surface area contributed by atoms with E-state index in [1.54, 1.807) is 0 Å². The van der Waals surface area contributed by atoms with E-state index in [4.69, 9.17) is 5.11 Å². The van der Waals surface area contributed by atoms with E-state index in [1.165, 1.54) is 26.2 Å². The van der Waals surface area contributed by atoms with Gasteiger partial charge in [-0.15, -0.1) is 0 Å². The highest BCUT2D eigenvalue weighted by Crippen LogP contribution is 2.33. The molecule has 0 radical (unpaired) electrons. The van der Waals surface area contributed by atoms with Crippen molar-refractivity contribution in [2.75, 3.05) is 6.54 Å². The number of carbonyl (C=O) groups is 2. The second-order valence-electron chi connectivity index (χ2n) is 6.39. The fourth-order valence-corrected chi connectivity index (χ4v) is 3.31. The fourth-order valence-electron chi connectivity index (χ4n) is 3.31. The summed E-state index contributed by atoms with van der Waals surface area (Å²) in [7, 11) is 0. The van der Waals surface area contributed by atoms with Crippen LogP contribution in [0.1, 0.15) is 45.4 Å². The van der Waals surface area contributed by atoms with Gasteiger partial charge in [-0.25, -0.2) is 0 Å². The maximum atomic E-state index is 12.1. The standard InChI is InChI=1S/C14H24N2O4/c1-14(20,7-12(17)18)8-15-13(19)11-6-9-4-2-3-5-10(9)16-11/h9-11,16,20H,2-8H2,1H3,(H,15,19)(H,17,18). The summed E-state index contributed by atoms with van der Waals surface area (Å²) in [5.74, 6) is -0.627. The summed E-state index contributed by atoms with van der Waals surface area (Å²) in [6.45, 7) is 1.38. The van der Waals surface area contributed by atoms with Gasteiger partial charge in [-0.1, -0.05) is 12.8 Å². The third kappa shape index (κ3) is 3.93. The third-order valence-electron chi connectivity index (χ3n) is 4.35. The first-order valence-corrected chi connectivity index (χ1v) is 7.35. The molecule has 114 valence electrons. The number of aliphatic hydroxyl groups is 1. The molecule has 6 heteroatoms. The van der Waals surface area contributed by atoms with Gasteiger partial charge in [0.05, 0.1) is 18.1 Å². The Hall–Kier alpha value is -1.14. The molecule has 0 aromatic carbocycles. The topological polar surface area (TPSA) is 98.7 Å². The first kappa shape index (κ1) is 15.3. The van der Waals surface area contributed by atoms with E-state index in [0.717, 1.165) is 12.8 Å². The van der Waals surface area contributed by atoms with Crippen LogP contribution in [-0.2, 0) is 9.59 Å². The zero-order valence-corrected chi connectivity index (χ0v) is 11.9. The molecule has 2 fully saturated rings. The first-order chi connectivity index (χ1) is 9.37. The van der Waals surface area contributed by atoms with E-state index in [0.29, 0.717) is 12.0 Å². The molecule has 1 aliphatic heterocycles. The van der Waals surface area contributed by atoms with Gasteiger partial charge >= 0.3 is 5.97 Å². The van der Waals surface area contributed by atoms with Crippen molar-refractivity contribution in [2.24, 2.45) is 5.92 Å². The maximum absolute atomic E-state index is 12.1. The minimum absolute atomic E-state index is 0.0361. The summed E-state index contributed by atoms with van der Waals surface area (Å²) in [6, 6.07) is 0.239. The van der Waals surface area contributed by atoms with Crippen molar-refractivity contribution in [3.63, 3.8) is 0 Å². The molecule has 0 aromatic rings. The van der Waals surface area contributed by atoms with E-state index in [1.807, 2.05) is 0 Å². The van der Waals surface area contributed by atoms with Crippen LogP contribution in [0.15, 0.2) is 0 Å². The maximum Gasteiger partial charge on any atom is 0.306 e. The van der Waals surface area contributed by atoms with Crippen molar-refractivity contribution in [2.45, 2.75) is 63.1 Å². The number of rotatable bonds is 5. The van der Waals surface area contributed by atoms with Crippen LogP contribution in [0.25, 0.3) is 0 Å². The molecule has 1 saturated heterocycles. The molecule has 1 saturated carbocycles. The molecule has 1 aliphatic carbocycles. The fraction of sp³-hybridized carbons (Fsp3) is 0.857. The van der Waals surface area contributed by atoms with Crippen molar-refractivity contribution in [3.05, 3.63) is 0 Å². The molecule has 0 spiro atoms. The van der Waals surface area contributed by atoms with Gasteiger partial charge in [0, 0.05) is 12.6 Å². The Bertz CT molecular complexity index is 369. The lowest BCUT2D eigenvalue weighted by Crippen LogP contribution is -2.48. The molecule has 4 atom stereocenters. The van der Waals surface area contributed by atoms with E-state index < -0.39 is 11.6 Å². The number of amides is 1. The van der Waals surface area contributed by atoms with Gasteiger partial charge in [0.15, 0.2) is 0 Å². The number of aliphatic carboxylic acids is 1. The number of nitrogens with one attached hydrogen (secondary N) is 2. The average molecular weight is 284 g/mol. The number of hydrogen-bond donors (Lipinski definition) is 4. The van der Waals surface area contributed by atoms with Crippen LogP contribution in [-0.4, -0.2) is 46.3 Å². The summed E-state index contributed by atoms with van der Waals surface area (Å²) in [4.78, 5) is 22.7. The molecule has 4 unspecified atom stereocenters. The van der Waals surface area contributed by atoms with Crippen LogP contribution >= 0.6 is 0 Å². The van der Waals surface area contributed by atoms with Crippen molar-refractivity contribution in [1.29, 1.82) is 0 Å². The summed E-state index contributed by atoms with van der Waals surface area (Å²) >= 11 is 0. The molecule has 0 bridgehead atoms. The Kier molecular flexibility index (Phi) is 4.65. The minimum atomic E-state index is -1.41. The molecule has 2 rings (SSSR count). The van der Waals surface area contributed by atoms with Gasteiger partial charge < -0.3 is 20.8 Å². The normalized spacial score (nSPS) is 32.2. The molecule has 1 heterocycles. The Morgan fingerprint density at radius 3 is 2.70 bits per heavy atom. The molecule has 0 aromatic heterocycles. The summed E-state index contributed by atoms with van der Waals surface area (Å²) in [6.07, 6.45) is 5.23. The summed E-state index contributed by atoms with van der Waals surface area (Å²) in [5.41, 5.74) is -1.41. The molecule has 4 N–H and O–H groups in total. The SMILES string of the molecule is CC(O)(CNC(=O)C1CC2CCCCC2N1)CC(=O)O. The van der Waals surface area contributed by atoms with Crippen molar-refractivity contribution >= 4 is 11.9 Å². The number of carboxylic acids is 1.